The predicted octanol–water partition coefficient (Wildman–Crippen LogP) is 0.454. The molecular weight excluding hydrogens is 278 g/mol. The Hall–Kier alpha value is -2.68. The van der Waals surface area contributed by atoms with Crippen molar-refractivity contribution >= 4 is 23.3 Å². The van der Waals surface area contributed by atoms with E-state index in [1.807, 2.05) is 21.1 Å². The number of carbonyl (C=O) groups is 2. The Morgan fingerprint density at radius 3 is 2.48 bits per heavy atom. The van der Waals surface area contributed by atoms with Crippen LogP contribution in [0.3, 0.4) is 0 Å². The normalized spacial score (nSPS) is 10.6. The number of nitrogens with one attached hydrogen (secondary N) is 3. The lowest BCUT2D eigenvalue weighted by atomic mass is 10.3. The van der Waals surface area contributed by atoms with Crippen LogP contribution in [0.15, 0.2) is 24.3 Å². The Bertz CT molecular complexity index is 553. The number of nitro groups is 1. The van der Waals surface area contributed by atoms with Gasteiger partial charge in [0.05, 0.1) is 26.1 Å². The minimum Gasteiger partial charge on any atom is -0.323 e. The number of nitrogens with zero attached hydrogens (tertiary/aromatic N) is 2. The van der Waals surface area contributed by atoms with Gasteiger partial charge in [0.2, 0.25) is 0 Å². The van der Waals surface area contributed by atoms with Crippen molar-refractivity contribution in [2.45, 2.75) is 0 Å². The van der Waals surface area contributed by atoms with Crippen molar-refractivity contribution in [3.8, 4) is 0 Å². The van der Waals surface area contributed by atoms with E-state index in [0.717, 1.165) is 0 Å². The van der Waals surface area contributed by atoms with E-state index in [9.17, 15) is 19.7 Å². The molecule has 0 aliphatic rings. The van der Waals surface area contributed by atoms with Gasteiger partial charge in [0.25, 0.3) is 11.6 Å². The molecule has 0 aliphatic carbocycles. The molecule has 114 valence electrons. The largest absolute Gasteiger partial charge is 0.337 e. The van der Waals surface area contributed by atoms with Crippen molar-refractivity contribution in [1.29, 1.82) is 0 Å². The number of likely N-dealkylation sites (N-methyl/N-ethyl adjacent to an activating group) is 1. The zero-order valence-electron chi connectivity index (χ0n) is 12.0. The quantitative estimate of drug-likeness (QED) is 0.425. The standard InChI is InChI=1S/C12H17N5O4/c1-17(2,3)8-11(18)14-15-12(19)13-9-5-4-6-10(7-9)16(20)21/h4-7H,8H2,1-3H3,(H2-,13,14,15,18,19)/p+1. The van der Waals surface area contributed by atoms with Gasteiger partial charge >= 0.3 is 6.03 Å². The van der Waals surface area contributed by atoms with Gasteiger partial charge < -0.3 is 9.80 Å². The summed E-state index contributed by atoms with van der Waals surface area (Å²) in [6.07, 6.45) is 0. The molecule has 0 atom stereocenters. The van der Waals surface area contributed by atoms with Crippen LogP contribution in [0.25, 0.3) is 0 Å². The summed E-state index contributed by atoms with van der Waals surface area (Å²) in [5, 5.41) is 13.0. The second-order valence-corrected chi connectivity index (χ2v) is 5.38. The summed E-state index contributed by atoms with van der Waals surface area (Å²) in [7, 11) is 5.51. The first-order chi connectivity index (χ1) is 9.67. The number of anilines is 1. The highest BCUT2D eigenvalue weighted by Crippen LogP contribution is 2.16. The van der Waals surface area contributed by atoms with Crippen LogP contribution in [-0.2, 0) is 4.79 Å². The minimum absolute atomic E-state index is 0.137. The molecule has 1 aromatic rings. The summed E-state index contributed by atoms with van der Waals surface area (Å²) in [5.41, 5.74) is 4.53. The number of carbonyl (C=O) groups excluding carboxylic acids is 2. The Morgan fingerprint density at radius 2 is 1.90 bits per heavy atom. The third kappa shape index (κ3) is 6.34. The van der Waals surface area contributed by atoms with Gasteiger partial charge in [-0.05, 0) is 6.07 Å². The lowest BCUT2D eigenvalue weighted by molar-refractivity contribution is -0.862. The van der Waals surface area contributed by atoms with Crippen molar-refractivity contribution in [3.63, 3.8) is 0 Å². The predicted molar refractivity (Wildman–Crippen MR) is 76.3 cm³/mol. The van der Waals surface area contributed by atoms with Crippen LogP contribution in [0.5, 0.6) is 0 Å². The first kappa shape index (κ1) is 16.4. The number of non-ortho nitro benzene ring substituents is 1. The second kappa shape index (κ2) is 6.66. The summed E-state index contributed by atoms with van der Waals surface area (Å²) >= 11 is 0. The number of hydrogen-bond donors (Lipinski definition) is 3. The number of urea groups is 1. The Labute approximate surface area is 121 Å². The van der Waals surface area contributed by atoms with Gasteiger partial charge in [-0.2, -0.15) is 0 Å². The third-order valence-electron chi connectivity index (χ3n) is 2.25. The van der Waals surface area contributed by atoms with Crippen molar-refractivity contribution in [2.24, 2.45) is 0 Å². The van der Waals surface area contributed by atoms with E-state index in [-0.39, 0.29) is 23.8 Å². The average molecular weight is 296 g/mol. The van der Waals surface area contributed by atoms with E-state index in [1.54, 1.807) is 0 Å². The lowest BCUT2D eigenvalue weighted by Crippen LogP contribution is -2.50. The van der Waals surface area contributed by atoms with Crippen LogP contribution >= 0.6 is 0 Å². The SMILES string of the molecule is C[N+](C)(C)CC(=O)NNC(=O)Nc1cccc([N+](=O)[O-])c1. The molecule has 0 unspecified atom stereocenters. The van der Waals surface area contributed by atoms with E-state index in [1.165, 1.54) is 24.3 Å². The molecule has 0 spiro atoms. The van der Waals surface area contributed by atoms with E-state index in [0.29, 0.717) is 4.48 Å². The van der Waals surface area contributed by atoms with Gasteiger partial charge in [-0.25, -0.2) is 10.2 Å². The lowest BCUT2D eigenvalue weighted by Gasteiger charge is -2.22. The average Bonchev–Trinajstić information content (AvgIpc) is 2.34. The summed E-state index contributed by atoms with van der Waals surface area (Å²) in [6.45, 7) is 0.192. The first-order valence-corrected chi connectivity index (χ1v) is 6.08. The molecule has 0 saturated heterocycles. The van der Waals surface area contributed by atoms with Crippen molar-refractivity contribution < 1.29 is 19.0 Å². The van der Waals surface area contributed by atoms with E-state index in [2.05, 4.69) is 16.2 Å². The molecule has 0 heterocycles. The van der Waals surface area contributed by atoms with E-state index >= 15 is 0 Å². The molecule has 3 N–H and O–H groups in total. The van der Waals surface area contributed by atoms with Gasteiger partial charge in [0.15, 0.2) is 6.54 Å². The van der Waals surface area contributed by atoms with Gasteiger partial charge in [-0.15, -0.1) is 0 Å². The van der Waals surface area contributed by atoms with E-state index in [4.69, 9.17) is 0 Å². The highest BCUT2D eigenvalue weighted by Gasteiger charge is 2.15. The molecule has 0 aliphatic heterocycles. The number of nitro benzene ring substituents is 1. The maximum Gasteiger partial charge on any atom is 0.337 e. The molecule has 21 heavy (non-hydrogen) atoms. The van der Waals surface area contributed by atoms with Gasteiger partial charge in [-0.1, -0.05) is 6.07 Å². The second-order valence-electron chi connectivity index (χ2n) is 5.38. The van der Waals surface area contributed by atoms with Crippen LogP contribution in [0.4, 0.5) is 16.2 Å². The highest BCUT2D eigenvalue weighted by molar-refractivity contribution is 5.91. The fraction of sp³-hybridized carbons (Fsp3) is 0.333. The summed E-state index contributed by atoms with van der Waals surface area (Å²) in [6, 6.07) is 4.79. The number of amides is 3. The number of quaternary nitrogens is 1. The van der Waals surface area contributed by atoms with Gasteiger partial charge in [0, 0.05) is 17.8 Å². The molecule has 1 aromatic carbocycles. The fourth-order valence-electron chi connectivity index (χ4n) is 1.46. The molecule has 0 fully saturated rings. The monoisotopic (exact) mass is 296 g/mol. The summed E-state index contributed by atoms with van der Waals surface area (Å²) < 4.78 is 0.417. The molecule has 1 rings (SSSR count). The zero-order valence-corrected chi connectivity index (χ0v) is 12.0. The van der Waals surface area contributed by atoms with Gasteiger partial charge in [-0.3, -0.25) is 20.3 Å². The Balaban J connectivity index is 2.49. The Kier molecular flexibility index (Phi) is 5.19. The topological polar surface area (TPSA) is 113 Å². The van der Waals surface area contributed by atoms with Crippen LogP contribution < -0.4 is 16.2 Å². The van der Waals surface area contributed by atoms with E-state index < -0.39 is 11.0 Å². The van der Waals surface area contributed by atoms with Gasteiger partial charge in [0.1, 0.15) is 0 Å². The maximum atomic E-state index is 11.6. The molecule has 3 amide bonds. The van der Waals surface area contributed by atoms with Crippen LogP contribution in [0.2, 0.25) is 0 Å². The number of hydrogen-bond acceptors (Lipinski definition) is 4. The number of hydrazine groups is 1. The number of rotatable bonds is 4. The smallest absolute Gasteiger partial charge is 0.323 e. The third-order valence-corrected chi connectivity index (χ3v) is 2.25. The van der Waals surface area contributed by atoms with Crippen LogP contribution in [0, 0.1) is 10.1 Å². The zero-order chi connectivity index (χ0) is 16.0. The minimum atomic E-state index is -0.690. The van der Waals surface area contributed by atoms with Crippen LogP contribution in [-0.4, -0.2) is 49.0 Å². The molecule has 9 nitrogen and oxygen atoms in total. The molecule has 0 bridgehead atoms. The molecule has 0 saturated carbocycles. The summed E-state index contributed by atoms with van der Waals surface area (Å²) in [5.74, 6) is -0.350. The molecular formula is C12H18N5O4+. The molecule has 9 heteroatoms. The maximum absolute atomic E-state index is 11.6. The van der Waals surface area contributed by atoms with Crippen LogP contribution in [0.1, 0.15) is 0 Å². The highest BCUT2D eigenvalue weighted by atomic mass is 16.6. The van der Waals surface area contributed by atoms with Crippen molar-refractivity contribution in [3.05, 3.63) is 34.4 Å². The number of benzene rings is 1. The Morgan fingerprint density at radius 1 is 1.24 bits per heavy atom. The molecule has 0 aromatic heterocycles. The fourth-order valence-corrected chi connectivity index (χ4v) is 1.46. The molecule has 0 radical (unpaired) electrons. The summed E-state index contributed by atoms with van der Waals surface area (Å²) in [4.78, 5) is 33.1. The van der Waals surface area contributed by atoms with Crippen molar-refractivity contribution in [2.75, 3.05) is 33.0 Å². The van der Waals surface area contributed by atoms with Crippen molar-refractivity contribution in [1.82, 2.24) is 10.9 Å². The first-order valence-electron chi connectivity index (χ1n) is 6.08.